The molecule has 0 aliphatic carbocycles. The van der Waals surface area contributed by atoms with E-state index >= 15 is 0 Å². The Balaban J connectivity index is 2.08. The minimum Gasteiger partial charge on any atom is -0.453 e. The van der Waals surface area contributed by atoms with Gasteiger partial charge in [0.25, 0.3) is 0 Å². The van der Waals surface area contributed by atoms with Gasteiger partial charge < -0.3 is 4.42 Å². The third kappa shape index (κ3) is 2.21. The largest absolute Gasteiger partial charge is 0.453 e. The molecule has 0 saturated carbocycles. The zero-order valence-corrected chi connectivity index (χ0v) is 11.4. The first kappa shape index (κ1) is 12.9. The Kier molecular flexibility index (Phi) is 3.07. The molecule has 0 amide bonds. The average molecular weight is 289 g/mol. The first-order valence-electron chi connectivity index (χ1n) is 6.04. The molecule has 3 aromatic rings. The summed E-state index contributed by atoms with van der Waals surface area (Å²) in [7, 11) is 0. The van der Waals surface area contributed by atoms with E-state index < -0.39 is 11.6 Å². The standard InChI is InChI=1S/C16H10ClFO2/c1-9-2-5-14-10(6-9)7-15(20-14)16(19)12-4-3-11(17)8-13(12)18/h2-8H,1H3. The third-order valence-electron chi connectivity index (χ3n) is 3.07. The number of carbonyl (C=O) groups is 1. The minimum absolute atomic E-state index is 0.0508. The molecule has 0 unspecified atom stereocenters. The second-order valence-electron chi connectivity index (χ2n) is 4.61. The zero-order chi connectivity index (χ0) is 14.3. The lowest BCUT2D eigenvalue weighted by Crippen LogP contribution is -2.02. The number of hydrogen-bond donors (Lipinski definition) is 0. The molecule has 4 heteroatoms. The molecule has 0 bridgehead atoms. The molecule has 0 N–H and O–H groups in total. The number of hydrogen-bond acceptors (Lipinski definition) is 2. The van der Waals surface area contributed by atoms with Gasteiger partial charge in [-0.1, -0.05) is 23.2 Å². The Morgan fingerprint density at radius 1 is 1.15 bits per heavy atom. The highest BCUT2D eigenvalue weighted by molar-refractivity contribution is 6.30. The van der Waals surface area contributed by atoms with E-state index in [4.69, 9.17) is 16.0 Å². The zero-order valence-electron chi connectivity index (χ0n) is 10.6. The van der Waals surface area contributed by atoms with Gasteiger partial charge in [0.2, 0.25) is 5.78 Å². The summed E-state index contributed by atoms with van der Waals surface area (Å²) < 4.78 is 19.2. The summed E-state index contributed by atoms with van der Waals surface area (Å²) in [5.74, 6) is -1.03. The third-order valence-corrected chi connectivity index (χ3v) is 3.31. The van der Waals surface area contributed by atoms with E-state index in [2.05, 4.69) is 0 Å². The Morgan fingerprint density at radius 2 is 1.95 bits per heavy atom. The topological polar surface area (TPSA) is 30.2 Å². The number of ketones is 1. The lowest BCUT2D eigenvalue weighted by Gasteiger charge is -2.00. The highest BCUT2D eigenvalue weighted by atomic mass is 35.5. The van der Waals surface area contributed by atoms with Gasteiger partial charge in [0.15, 0.2) is 5.76 Å². The highest BCUT2D eigenvalue weighted by Gasteiger charge is 2.18. The molecule has 1 heterocycles. The van der Waals surface area contributed by atoms with Gasteiger partial charge in [0, 0.05) is 10.4 Å². The molecular weight excluding hydrogens is 279 g/mol. The van der Waals surface area contributed by atoms with Crippen molar-refractivity contribution >= 4 is 28.4 Å². The molecule has 1 aromatic heterocycles. The van der Waals surface area contributed by atoms with Crippen LogP contribution >= 0.6 is 11.6 Å². The van der Waals surface area contributed by atoms with Crippen LogP contribution in [0.15, 0.2) is 46.9 Å². The maximum Gasteiger partial charge on any atom is 0.231 e. The molecule has 0 atom stereocenters. The van der Waals surface area contributed by atoms with Crippen molar-refractivity contribution in [3.8, 4) is 0 Å². The highest BCUT2D eigenvalue weighted by Crippen LogP contribution is 2.24. The summed E-state index contributed by atoms with van der Waals surface area (Å²) >= 11 is 5.67. The van der Waals surface area contributed by atoms with Crippen LogP contribution in [-0.2, 0) is 0 Å². The van der Waals surface area contributed by atoms with Gasteiger partial charge in [0.05, 0.1) is 5.56 Å². The van der Waals surface area contributed by atoms with Gasteiger partial charge in [-0.2, -0.15) is 0 Å². The van der Waals surface area contributed by atoms with E-state index in [0.717, 1.165) is 17.0 Å². The van der Waals surface area contributed by atoms with Gasteiger partial charge in [-0.05, 0) is 43.3 Å². The van der Waals surface area contributed by atoms with Crippen LogP contribution in [-0.4, -0.2) is 5.78 Å². The summed E-state index contributed by atoms with van der Waals surface area (Å²) in [5.41, 5.74) is 1.62. The fraction of sp³-hybridized carbons (Fsp3) is 0.0625. The molecule has 2 aromatic carbocycles. The summed E-state index contributed by atoms with van der Waals surface area (Å²) in [6.07, 6.45) is 0. The van der Waals surface area contributed by atoms with Crippen molar-refractivity contribution in [1.29, 1.82) is 0 Å². The molecule has 0 spiro atoms. The molecule has 2 nitrogen and oxygen atoms in total. The normalized spacial score (nSPS) is 10.9. The van der Waals surface area contributed by atoms with Crippen LogP contribution < -0.4 is 0 Å². The van der Waals surface area contributed by atoms with Gasteiger partial charge in [-0.15, -0.1) is 0 Å². The maximum atomic E-state index is 13.8. The van der Waals surface area contributed by atoms with Gasteiger partial charge in [-0.25, -0.2) is 4.39 Å². The molecular formula is C16H10ClFO2. The lowest BCUT2D eigenvalue weighted by molar-refractivity contribution is 0.101. The minimum atomic E-state index is -0.654. The number of fused-ring (bicyclic) bond motifs is 1. The second-order valence-corrected chi connectivity index (χ2v) is 5.04. The fourth-order valence-corrected chi connectivity index (χ4v) is 2.24. The Morgan fingerprint density at radius 3 is 2.70 bits per heavy atom. The first-order chi connectivity index (χ1) is 9.54. The van der Waals surface area contributed by atoms with Crippen LogP contribution in [0.25, 0.3) is 11.0 Å². The van der Waals surface area contributed by atoms with Crippen molar-refractivity contribution in [1.82, 2.24) is 0 Å². The van der Waals surface area contributed by atoms with Crippen molar-refractivity contribution in [2.75, 3.05) is 0 Å². The quantitative estimate of drug-likeness (QED) is 0.636. The molecule has 20 heavy (non-hydrogen) atoms. The second kappa shape index (κ2) is 4.76. The van der Waals surface area contributed by atoms with Crippen molar-refractivity contribution in [3.05, 3.63) is 70.2 Å². The van der Waals surface area contributed by atoms with E-state index in [9.17, 15) is 9.18 Å². The van der Waals surface area contributed by atoms with E-state index in [1.54, 1.807) is 12.1 Å². The number of benzene rings is 2. The monoisotopic (exact) mass is 288 g/mol. The fourth-order valence-electron chi connectivity index (χ4n) is 2.08. The summed E-state index contributed by atoms with van der Waals surface area (Å²) in [6, 6.07) is 11.2. The predicted octanol–water partition coefficient (Wildman–Crippen LogP) is 4.76. The average Bonchev–Trinajstić information content (AvgIpc) is 2.81. The molecule has 0 saturated heterocycles. The smallest absolute Gasteiger partial charge is 0.231 e. The number of carbonyl (C=O) groups excluding carboxylic acids is 1. The molecule has 100 valence electrons. The SMILES string of the molecule is Cc1ccc2oc(C(=O)c3ccc(Cl)cc3F)cc2c1. The van der Waals surface area contributed by atoms with Crippen LogP contribution in [0.3, 0.4) is 0 Å². The predicted molar refractivity (Wildman–Crippen MR) is 75.8 cm³/mol. The molecule has 3 rings (SSSR count). The summed E-state index contributed by atoms with van der Waals surface area (Å²) in [4.78, 5) is 12.3. The Labute approximate surface area is 119 Å². The van der Waals surface area contributed by atoms with E-state index in [-0.39, 0.29) is 16.3 Å². The Bertz CT molecular complexity index is 820. The molecule has 0 aliphatic rings. The lowest BCUT2D eigenvalue weighted by atomic mass is 10.1. The Hall–Kier alpha value is -2.13. The number of halogens is 2. The first-order valence-corrected chi connectivity index (χ1v) is 6.42. The van der Waals surface area contributed by atoms with E-state index in [1.165, 1.54) is 12.1 Å². The van der Waals surface area contributed by atoms with E-state index in [1.807, 2.05) is 19.1 Å². The summed E-state index contributed by atoms with van der Waals surface area (Å²) in [5, 5.41) is 1.07. The summed E-state index contributed by atoms with van der Waals surface area (Å²) in [6.45, 7) is 1.95. The number of aryl methyl sites for hydroxylation is 1. The van der Waals surface area contributed by atoms with Crippen molar-refractivity contribution in [2.45, 2.75) is 6.92 Å². The van der Waals surface area contributed by atoms with Crippen LogP contribution in [0.1, 0.15) is 21.7 Å². The van der Waals surface area contributed by atoms with Crippen LogP contribution in [0.4, 0.5) is 4.39 Å². The van der Waals surface area contributed by atoms with Crippen molar-refractivity contribution in [3.63, 3.8) is 0 Å². The number of rotatable bonds is 2. The van der Waals surface area contributed by atoms with Gasteiger partial charge >= 0.3 is 0 Å². The number of furan rings is 1. The van der Waals surface area contributed by atoms with Crippen LogP contribution in [0, 0.1) is 12.7 Å². The van der Waals surface area contributed by atoms with Crippen LogP contribution in [0.2, 0.25) is 5.02 Å². The van der Waals surface area contributed by atoms with E-state index in [0.29, 0.717) is 5.58 Å². The molecule has 0 fully saturated rings. The van der Waals surface area contributed by atoms with Crippen molar-refractivity contribution < 1.29 is 13.6 Å². The maximum absolute atomic E-state index is 13.8. The van der Waals surface area contributed by atoms with Gasteiger partial charge in [0.1, 0.15) is 11.4 Å². The van der Waals surface area contributed by atoms with Crippen molar-refractivity contribution in [2.24, 2.45) is 0 Å². The van der Waals surface area contributed by atoms with Crippen LogP contribution in [0.5, 0.6) is 0 Å². The molecule has 0 radical (unpaired) electrons. The van der Waals surface area contributed by atoms with Gasteiger partial charge in [-0.3, -0.25) is 4.79 Å². The molecule has 0 aliphatic heterocycles.